The van der Waals surface area contributed by atoms with Crippen LogP contribution in [0.1, 0.15) is 30.9 Å². The minimum absolute atomic E-state index is 0.588. The van der Waals surface area contributed by atoms with Gasteiger partial charge in [0.1, 0.15) is 5.82 Å². The van der Waals surface area contributed by atoms with Gasteiger partial charge in [0, 0.05) is 12.8 Å². The van der Waals surface area contributed by atoms with Crippen LogP contribution in [0.4, 0.5) is 5.82 Å². The van der Waals surface area contributed by atoms with Crippen molar-refractivity contribution >= 4 is 5.82 Å². The lowest BCUT2D eigenvalue weighted by molar-refractivity contribution is 0.0146. The first-order valence-electron chi connectivity index (χ1n) is 7.68. The maximum atomic E-state index is 5.81. The largest absolute Gasteiger partial charge is 0.383 e. The number of hydrogen-bond donors (Lipinski definition) is 1. The van der Waals surface area contributed by atoms with Gasteiger partial charge in [-0.1, -0.05) is 19.4 Å². The average Bonchev–Trinajstić information content (AvgIpc) is 2.48. The van der Waals surface area contributed by atoms with Crippen LogP contribution in [0.25, 0.3) is 0 Å². The highest BCUT2D eigenvalue weighted by molar-refractivity contribution is 5.40. The molecule has 0 aliphatic carbocycles. The van der Waals surface area contributed by atoms with Gasteiger partial charge in [0.2, 0.25) is 0 Å². The maximum Gasteiger partial charge on any atom is 0.126 e. The summed E-state index contributed by atoms with van der Waals surface area (Å²) in [4.78, 5) is 4.13. The van der Waals surface area contributed by atoms with Gasteiger partial charge in [-0.2, -0.15) is 0 Å². The summed E-state index contributed by atoms with van der Waals surface area (Å²) >= 11 is 0. The maximum absolute atomic E-state index is 5.81. The Morgan fingerprint density at radius 3 is 2.29 bits per heavy atom. The molecule has 0 fully saturated rings. The molecule has 0 spiro atoms. The summed E-state index contributed by atoms with van der Waals surface area (Å²) in [5.74, 6) is 0.588. The molecule has 0 atom stereocenters. The van der Waals surface area contributed by atoms with E-state index in [0.717, 1.165) is 37.0 Å². The molecule has 1 aromatic rings. The molecule has 5 heteroatoms. The third-order valence-corrected chi connectivity index (χ3v) is 3.04. The molecule has 5 nitrogen and oxygen atoms in total. The van der Waals surface area contributed by atoms with Crippen molar-refractivity contribution in [3.8, 4) is 0 Å². The first-order valence-corrected chi connectivity index (χ1v) is 7.68. The van der Waals surface area contributed by atoms with Gasteiger partial charge >= 0.3 is 0 Å². The molecule has 0 bridgehead atoms. The van der Waals surface area contributed by atoms with Crippen LogP contribution in [-0.2, 0) is 20.6 Å². The number of pyridine rings is 1. The van der Waals surface area contributed by atoms with Gasteiger partial charge in [0.05, 0.1) is 33.0 Å². The van der Waals surface area contributed by atoms with Crippen LogP contribution >= 0.6 is 0 Å². The topological polar surface area (TPSA) is 66.6 Å². The Balaban J connectivity index is 1.94. The molecule has 0 amide bonds. The molecule has 0 aromatic carbocycles. The number of nitrogen functional groups attached to an aromatic ring is 1. The standard InChI is InChI=1S/C16H28N2O3/c1-3-4-6-19-8-10-21-11-9-20-7-5-15-12-14(2)13-18-16(15)17/h12-13H,3-11H2,1-2H3,(H2,17,18). The zero-order valence-corrected chi connectivity index (χ0v) is 13.3. The van der Waals surface area contributed by atoms with E-state index in [0.29, 0.717) is 38.9 Å². The van der Waals surface area contributed by atoms with E-state index in [1.165, 1.54) is 0 Å². The van der Waals surface area contributed by atoms with Crippen LogP contribution in [0.5, 0.6) is 0 Å². The minimum atomic E-state index is 0.588. The zero-order chi connectivity index (χ0) is 15.3. The summed E-state index contributed by atoms with van der Waals surface area (Å²) in [5.41, 5.74) is 7.97. The first kappa shape index (κ1) is 17.9. The SMILES string of the molecule is CCCCOCCOCCOCCc1cc(C)cnc1N. The second kappa shape index (κ2) is 11.5. The summed E-state index contributed by atoms with van der Waals surface area (Å²) in [6, 6.07) is 2.05. The first-order chi connectivity index (χ1) is 10.2. The minimum Gasteiger partial charge on any atom is -0.383 e. The van der Waals surface area contributed by atoms with Crippen LogP contribution < -0.4 is 5.73 Å². The molecule has 120 valence electrons. The van der Waals surface area contributed by atoms with Gasteiger partial charge in [-0.15, -0.1) is 0 Å². The second-order valence-corrected chi connectivity index (χ2v) is 5.00. The van der Waals surface area contributed by atoms with Crippen molar-refractivity contribution in [2.24, 2.45) is 0 Å². The van der Waals surface area contributed by atoms with E-state index in [1.54, 1.807) is 6.20 Å². The molecule has 1 heterocycles. The summed E-state index contributed by atoms with van der Waals surface area (Å²) in [5, 5.41) is 0. The third-order valence-electron chi connectivity index (χ3n) is 3.04. The quantitative estimate of drug-likeness (QED) is 0.600. The molecule has 21 heavy (non-hydrogen) atoms. The average molecular weight is 296 g/mol. The van der Waals surface area contributed by atoms with Crippen molar-refractivity contribution in [1.29, 1.82) is 0 Å². The van der Waals surface area contributed by atoms with Crippen molar-refractivity contribution in [2.45, 2.75) is 33.1 Å². The number of unbranched alkanes of at least 4 members (excludes halogenated alkanes) is 1. The fourth-order valence-electron chi connectivity index (χ4n) is 1.81. The van der Waals surface area contributed by atoms with Crippen molar-refractivity contribution in [3.63, 3.8) is 0 Å². The highest BCUT2D eigenvalue weighted by Gasteiger charge is 2.01. The van der Waals surface area contributed by atoms with E-state index in [9.17, 15) is 0 Å². The Morgan fingerprint density at radius 1 is 1.00 bits per heavy atom. The van der Waals surface area contributed by atoms with Crippen LogP contribution in [0.3, 0.4) is 0 Å². The van der Waals surface area contributed by atoms with Crippen LogP contribution in [-0.4, -0.2) is 44.6 Å². The lowest BCUT2D eigenvalue weighted by atomic mass is 10.1. The molecule has 2 N–H and O–H groups in total. The van der Waals surface area contributed by atoms with E-state index < -0.39 is 0 Å². The van der Waals surface area contributed by atoms with Crippen LogP contribution in [0.15, 0.2) is 12.3 Å². The van der Waals surface area contributed by atoms with Crippen molar-refractivity contribution in [1.82, 2.24) is 4.98 Å². The predicted molar refractivity (Wildman–Crippen MR) is 84.5 cm³/mol. The smallest absolute Gasteiger partial charge is 0.126 e. The third kappa shape index (κ3) is 8.65. The van der Waals surface area contributed by atoms with E-state index in [1.807, 2.05) is 6.92 Å². The van der Waals surface area contributed by atoms with Crippen LogP contribution in [0.2, 0.25) is 0 Å². The summed E-state index contributed by atoms with van der Waals surface area (Å²) in [6.07, 6.45) is 4.83. The van der Waals surface area contributed by atoms with Gasteiger partial charge in [-0.05, 0) is 30.9 Å². The van der Waals surface area contributed by atoms with Crippen molar-refractivity contribution in [3.05, 3.63) is 23.4 Å². The molecule has 1 rings (SSSR count). The van der Waals surface area contributed by atoms with E-state index in [4.69, 9.17) is 19.9 Å². The second-order valence-electron chi connectivity index (χ2n) is 5.00. The van der Waals surface area contributed by atoms with Gasteiger partial charge in [-0.25, -0.2) is 4.98 Å². The Kier molecular flexibility index (Phi) is 9.78. The Hall–Kier alpha value is -1.17. The molecule has 1 aromatic heterocycles. The number of hydrogen-bond acceptors (Lipinski definition) is 5. The number of ether oxygens (including phenoxy) is 3. The molecule has 0 saturated heterocycles. The molecule has 0 radical (unpaired) electrons. The van der Waals surface area contributed by atoms with E-state index >= 15 is 0 Å². The monoisotopic (exact) mass is 296 g/mol. The molecule has 0 unspecified atom stereocenters. The zero-order valence-electron chi connectivity index (χ0n) is 13.3. The summed E-state index contributed by atoms with van der Waals surface area (Å²) < 4.78 is 16.3. The Morgan fingerprint density at radius 2 is 1.62 bits per heavy atom. The number of anilines is 1. The summed E-state index contributed by atoms with van der Waals surface area (Å²) in [6.45, 7) is 8.08. The predicted octanol–water partition coefficient (Wildman–Crippen LogP) is 2.36. The van der Waals surface area contributed by atoms with Gasteiger partial charge in [0.15, 0.2) is 0 Å². The van der Waals surface area contributed by atoms with E-state index in [-0.39, 0.29) is 0 Å². The molecule has 0 aliphatic heterocycles. The van der Waals surface area contributed by atoms with Gasteiger partial charge < -0.3 is 19.9 Å². The highest BCUT2D eigenvalue weighted by Crippen LogP contribution is 2.10. The van der Waals surface area contributed by atoms with Crippen molar-refractivity contribution < 1.29 is 14.2 Å². The fraction of sp³-hybridized carbons (Fsp3) is 0.688. The number of nitrogens with zero attached hydrogens (tertiary/aromatic N) is 1. The lowest BCUT2D eigenvalue weighted by Gasteiger charge is -2.08. The molecular weight excluding hydrogens is 268 g/mol. The molecule has 0 aliphatic rings. The Bertz CT molecular complexity index is 386. The molecule has 0 saturated carbocycles. The van der Waals surface area contributed by atoms with Gasteiger partial charge in [0.25, 0.3) is 0 Å². The van der Waals surface area contributed by atoms with Gasteiger partial charge in [-0.3, -0.25) is 0 Å². The van der Waals surface area contributed by atoms with Crippen LogP contribution in [0, 0.1) is 6.92 Å². The van der Waals surface area contributed by atoms with E-state index in [2.05, 4.69) is 18.0 Å². The number of aryl methyl sites for hydroxylation is 1. The Labute approximate surface area is 127 Å². The fourth-order valence-corrected chi connectivity index (χ4v) is 1.81. The number of rotatable bonds is 12. The number of aromatic nitrogens is 1. The summed E-state index contributed by atoms with van der Waals surface area (Å²) in [7, 11) is 0. The highest BCUT2D eigenvalue weighted by atomic mass is 16.5. The van der Waals surface area contributed by atoms with Crippen molar-refractivity contribution in [2.75, 3.05) is 45.4 Å². The number of nitrogens with two attached hydrogens (primary N) is 1. The molecular formula is C16H28N2O3. The normalized spacial score (nSPS) is 11.0. The lowest BCUT2D eigenvalue weighted by Crippen LogP contribution is -2.11.